The Balaban J connectivity index is 3.33. The van der Waals surface area contributed by atoms with Crippen molar-refractivity contribution in [3.8, 4) is 0 Å². The molecule has 0 aromatic carbocycles. The van der Waals surface area contributed by atoms with Gasteiger partial charge in [0.2, 0.25) is 0 Å². The molecule has 0 heterocycles. The van der Waals surface area contributed by atoms with Crippen molar-refractivity contribution in [1.29, 1.82) is 0 Å². The van der Waals surface area contributed by atoms with Crippen LogP contribution in [-0.2, 0) is 4.79 Å². The summed E-state index contributed by atoms with van der Waals surface area (Å²) in [5, 5.41) is 8.80. The van der Waals surface area contributed by atoms with Crippen LogP contribution in [0, 0.1) is 0 Å². The molecule has 0 saturated heterocycles. The van der Waals surface area contributed by atoms with Crippen LogP contribution in [0.25, 0.3) is 0 Å². The fourth-order valence-electron chi connectivity index (χ4n) is 1.94. The average Bonchev–Trinajstić information content (AvgIpc) is 2.31. The van der Waals surface area contributed by atoms with Crippen molar-refractivity contribution >= 4 is 17.7 Å². The van der Waals surface area contributed by atoms with Gasteiger partial charge >= 0.3 is 5.97 Å². The van der Waals surface area contributed by atoms with Gasteiger partial charge < -0.3 is 5.11 Å². The second-order valence-electron chi connectivity index (χ2n) is 4.55. The van der Waals surface area contributed by atoms with E-state index in [-0.39, 0.29) is 5.25 Å². The van der Waals surface area contributed by atoms with Crippen molar-refractivity contribution in [3.63, 3.8) is 0 Å². The van der Waals surface area contributed by atoms with Crippen LogP contribution in [0.3, 0.4) is 0 Å². The van der Waals surface area contributed by atoms with Crippen LogP contribution >= 0.6 is 11.8 Å². The van der Waals surface area contributed by atoms with Crippen molar-refractivity contribution in [2.75, 3.05) is 5.75 Å². The van der Waals surface area contributed by atoms with Gasteiger partial charge in [-0.1, -0.05) is 65.2 Å². The Morgan fingerprint density at radius 3 is 2.00 bits per heavy atom. The summed E-state index contributed by atoms with van der Waals surface area (Å²) in [4.78, 5) is 10.9. The van der Waals surface area contributed by atoms with Crippen molar-refractivity contribution in [3.05, 3.63) is 0 Å². The molecule has 3 heteroatoms. The molecule has 0 aliphatic carbocycles. The number of rotatable bonds is 12. The lowest BCUT2D eigenvalue weighted by Gasteiger charge is -2.10. The van der Waals surface area contributed by atoms with Gasteiger partial charge in [0.1, 0.15) is 5.25 Å². The number of carboxylic acids is 1. The van der Waals surface area contributed by atoms with Crippen molar-refractivity contribution in [2.24, 2.45) is 0 Å². The summed E-state index contributed by atoms with van der Waals surface area (Å²) in [6.45, 7) is 4.26. The quantitative estimate of drug-likeness (QED) is 0.516. The topological polar surface area (TPSA) is 37.3 Å². The highest BCUT2D eigenvalue weighted by atomic mass is 32.2. The third-order valence-electron chi connectivity index (χ3n) is 2.96. The standard InChI is InChI=1S/C14H28O2S/c1-3-5-6-7-8-9-10-11-12-13(14(15)16)17-4-2/h13H,3-12H2,1-2H3,(H,15,16). The van der Waals surface area contributed by atoms with Gasteiger partial charge in [-0.05, 0) is 12.2 Å². The van der Waals surface area contributed by atoms with E-state index in [0.29, 0.717) is 0 Å². The number of unbranched alkanes of at least 4 members (excludes halogenated alkanes) is 7. The Labute approximate surface area is 111 Å². The van der Waals surface area contributed by atoms with Gasteiger partial charge in [-0.3, -0.25) is 4.79 Å². The lowest BCUT2D eigenvalue weighted by molar-refractivity contribution is -0.136. The zero-order valence-corrected chi connectivity index (χ0v) is 12.2. The van der Waals surface area contributed by atoms with Gasteiger partial charge in [-0.2, -0.15) is 0 Å². The molecule has 0 aromatic heterocycles. The van der Waals surface area contributed by atoms with Crippen LogP contribution in [0.2, 0.25) is 0 Å². The highest BCUT2D eigenvalue weighted by Gasteiger charge is 2.15. The minimum absolute atomic E-state index is 0.180. The van der Waals surface area contributed by atoms with Crippen LogP contribution in [0.15, 0.2) is 0 Å². The minimum atomic E-state index is -0.639. The summed E-state index contributed by atoms with van der Waals surface area (Å²) >= 11 is 1.56. The maximum atomic E-state index is 10.9. The monoisotopic (exact) mass is 260 g/mol. The first-order valence-electron chi connectivity index (χ1n) is 7.06. The molecule has 1 atom stereocenters. The predicted molar refractivity (Wildman–Crippen MR) is 76.8 cm³/mol. The van der Waals surface area contributed by atoms with Crippen LogP contribution in [-0.4, -0.2) is 22.1 Å². The summed E-state index contributed by atoms with van der Waals surface area (Å²) in [6.07, 6.45) is 11.1. The second-order valence-corrected chi connectivity index (χ2v) is 6.03. The summed E-state index contributed by atoms with van der Waals surface area (Å²) in [6, 6.07) is 0. The molecule has 0 aromatic rings. The molecule has 0 amide bonds. The number of thioether (sulfide) groups is 1. The molecule has 0 saturated carbocycles. The molecular formula is C14H28O2S. The van der Waals surface area contributed by atoms with E-state index in [0.717, 1.165) is 18.6 Å². The van der Waals surface area contributed by atoms with E-state index in [4.69, 9.17) is 5.11 Å². The van der Waals surface area contributed by atoms with E-state index in [1.807, 2.05) is 6.92 Å². The Morgan fingerprint density at radius 1 is 1.00 bits per heavy atom. The third-order valence-corrected chi connectivity index (χ3v) is 4.14. The normalized spacial score (nSPS) is 12.6. The Morgan fingerprint density at radius 2 is 1.53 bits per heavy atom. The molecule has 102 valence electrons. The first kappa shape index (κ1) is 16.8. The third kappa shape index (κ3) is 10.7. The molecule has 0 aliphatic heterocycles. The molecule has 1 N–H and O–H groups in total. The first-order chi connectivity index (χ1) is 8.22. The maximum Gasteiger partial charge on any atom is 0.316 e. The van der Waals surface area contributed by atoms with Crippen molar-refractivity contribution in [1.82, 2.24) is 0 Å². The second kappa shape index (κ2) is 12.3. The fourth-order valence-corrected chi connectivity index (χ4v) is 2.82. The predicted octanol–water partition coefficient (Wildman–Crippen LogP) is 4.72. The van der Waals surface area contributed by atoms with Crippen LogP contribution in [0.1, 0.15) is 71.6 Å². The fraction of sp³-hybridized carbons (Fsp3) is 0.929. The molecule has 0 bridgehead atoms. The van der Waals surface area contributed by atoms with Gasteiger partial charge in [0.25, 0.3) is 0 Å². The number of aliphatic carboxylic acids is 1. The van der Waals surface area contributed by atoms with Crippen molar-refractivity contribution in [2.45, 2.75) is 76.9 Å². The molecule has 0 spiro atoms. The van der Waals surface area contributed by atoms with E-state index in [9.17, 15) is 4.79 Å². The lowest BCUT2D eigenvalue weighted by Crippen LogP contribution is -2.16. The summed E-state index contributed by atoms with van der Waals surface area (Å²) in [5.41, 5.74) is 0. The summed E-state index contributed by atoms with van der Waals surface area (Å²) < 4.78 is 0. The van der Waals surface area contributed by atoms with Gasteiger partial charge in [0.05, 0.1) is 0 Å². The van der Waals surface area contributed by atoms with Crippen molar-refractivity contribution < 1.29 is 9.90 Å². The number of hydrogen-bond donors (Lipinski definition) is 1. The van der Waals surface area contributed by atoms with E-state index in [1.165, 1.54) is 44.9 Å². The maximum absolute atomic E-state index is 10.9. The first-order valence-corrected chi connectivity index (χ1v) is 8.11. The molecule has 0 fully saturated rings. The van der Waals surface area contributed by atoms with Gasteiger partial charge in [0.15, 0.2) is 0 Å². The highest BCUT2D eigenvalue weighted by Crippen LogP contribution is 2.18. The molecule has 0 radical (unpaired) electrons. The number of carboxylic acid groups (broad SMARTS) is 1. The van der Waals surface area contributed by atoms with Crippen LogP contribution in [0.5, 0.6) is 0 Å². The molecule has 17 heavy (non-hydrogen) atoms. The highest BCUT2D eigenvalue weighted by molar-refractivity contribution is 8.00. The van der Waals surface area contributed by atoms with E-state index >= 15 is 0 Å². The molecule has 0 rings (SSSR count). The SMILES string of the molecule is CCCCCCCCCCC(SCC)C(=O)O. The van der Waals surface area contributed by atoms with Crippen LogP contribution in [0.4, 0.5) is 0 Å². The molecule has 2 nitrogen and oxygen atoms in total. The zero-order valence-electron chi connectivity index (χ0n) is 11.4. The van der Waals surface area contributed by atoms with Crippen LogP contribution < -0.4 is 0 Å². The van der Waals surface area contributed by atoms with Gasteiger partial charge in [0, 0.05) is 0 Å². The Hall–Kier alpha value is -0.180. The summed E-state index contributed by atoms with van der Waals surface area (Å²) in [5.74, 6) is 0.258. The number of carbonyl (C=O) groups is 1. The van der Waals surface area contributed by atoms with E-state index in [2.05, 4.69) is 6.92 Å². The average molecular weight is 260 g/mol. The Bertz CT molecular complexity index is 183. The zero-order chi connectivity index (χ0) is 12.9. The largest absolute Gasteiger partial charge is 0.480 e. The van der Waals surface area contributed by atoms with E-state index in [1.54, 1.807) is 11.8 Å². The molecule has 1 unspecified atom stereocenters. The minimum Gasteiger partial charge on any atom is -0.480 e. The van der Waals surface area contributed by atoms with Gasteiger partial charge in [-0.25, -0.2) is 0 Å². The van der Waals surface area contributed by atoms with Gasteiger partial charge in [-0.15, -0.1) is 11.8 Å². The van der Waals surface area contributed by atoms with E-state index < -0.39 is 5.97 Å². The molecule has 0 aliphatic rings. The lowest BCUT2D eigenvalue weighted by atomic mass is 10.1. The number of hydrogen-bond acceptors (Lipinski definition) is 2. The Kier molecular flexibility index (Phi) is 12.2. The summed E-state index contributed by atoms with van der Waals surface area (Å²) in [7, 11) is 0. The smallest absolute Gasteiger partial charge is 0.316 e. The molecular weight excluding hydrogens is 232 g/mol.